The van der Waals surface area contributed by atoms with Gasteiger partial charge in [-0.15, -0.1) is 0 Å². The maximum absolute atomic E-state index is 11.4. The highest BCUT2D eigenvalue weighted by Crippen LogP contribution is 2.35. The second-order valence-electron chi connectivity index (χ2n) is 10.9. The third-order valence-corrected chi connectivity index (χ3v) is 7.82. The molecule has 2 aliphatic heterocycles. The molecule has 2 fully saturated rings. The summed E-state index contributed by atoms with van der Waals surface area (Å²) in [6.07, 6.45) is 25.2. The molecule has 0 aromatic heterocycles. The van der Waals surface area contributed by atoms with E-state index in [1.165, 1.54) is 44.8 Å². The fourth-order valence-electron chi connectivity index (χ4n) is 5.58. The first-order chi connectivity index (χ1) is 18.2. The number of esters is 1. The highest BCUT2D eigenvalue weighted by molar-refractivity contribution is 5.68. The Balaban J connectivity index is 1.57. The molecule has 6 nitrogen and oxygen atoms in total. The van der Waals surface area contributed by atoms with Gasteiger partial charge in [0.25, 0.3) is 0 Å². The van der Waals surface area contributed by atoms with E-state index >= 15 is 0 Å². The van der Waals surface area contributed by atoms with E-state index in [4.69, 9.17) is 23.7 Å². The molecule has 0 amide bonds. The molecule has 2 unspecified atom stereocenters. The standard InChI is InChI=1S/C31H52O6/c1-3-4-7-15-26(36-30-17-10-12-23-34-30)20-21-27-25(14-8-5-6-9-16-29(32)33-2)19-22-28(27)37-31-18-11-13-24-35-31/h19-21,26-28,30-31H,3-18,22-24H2,1-2H3/b21-20+/t26-,27+,28+,30?,31?/m0/s1. The molecule has 3 rings (SSSR count). The Hall–Kier alpha value is -1.21. The summed E-state index contributed by atoms with van der Waals surface area (Å²) in [4.78, 5) is 11.4. The molecule has 0 saturated carbocycles. The lowest BCUT2D eigenvalue weighted by Crippen LogP contribution is -2.31. The first kappa shape index (κ1) is 30.3. The predicted octanol–water partition coefficient (Wildman–Crippen LogP) is 7.41. The average molecular weight is 521 g/mol. The highest BCUT2D eigenvalue weighted by Gasteiger charge is 2.31. The van der Waals surface area contributed by atoms with Gasteiger partial charge in [0.15, 0.2) is 12.6 Å². The van der Waals surface area contributed by atoms with Crippen molar-refractivity contribution in [3.05, 3.63) is 23.8 Å². The minimum atomic E-state index is -0.108. The van der Waals surface area contributed by atoms with Crippen LogP contribution in [0.2, 0.25) is 0 Å². The smallest absolute Gasteiger partial charge is 0.305 e. The zero-order valence-electron chi connectivity index (χ0n) is 23.5. The van der Waals surface area contributed by atoms with Crippen LogP contribution in [0.1, 0.15) is 116 Å². The molecule has 6 heteroatoms. The summed E-state index contributed by atoms with van der Waals surface area (Å²) in [5, 5.41) is 0. The molecule has 2 saturated heterocycles. The summed E-state index contributed by atoms with van der Waals surface area (Å²) in [7, 11) is 1.46. The molecular formula is C31H52O6. The average Bonchev–Trinajstić information content (AvgIpc) is 3.31. The van der Waals surface area contributed by atoms with E-state index in [-0.39, 0.29) is 36.7 Å². The molecule has 0 N–H and O–H groups in total. The van der Waals surface area contributed by atoms with E-state index in [1.807, 2.05) is 0 Å². The topological polar surface area (TPSA) is 63.2 Å². The number of carbonyl (C=O) groups is 1. The normalized spacial score (nSPS) is 27.4. The number of hydrogen-bond donors (Lipinski definition) is 0. The first-order valence-corrected chi connectivity index (χ1v) is 15.2. The van der Waals surface area contributed by atoms with Crippen LogP contribution in [0.4, 0.5) is 0 Å². The Morgan fingerprint density at radius 1 is 1.00 bits per heavy atom. The minimum absolute atomic E-state index is 0.0729. The Kier molecular flexibility index (Phi) is 14.9. The lowest BCUT2D eigenvalue weighted by molar-refractivity contribution is -0.190. The predicted molar refractivity (Wildman–Crippen MR) is 146 cm³/mol. The molecule has 0 bridgehead atoms. The van der Waals surface area contributed by atoms with Crippen molar-refractivity contribution in [3.63, 3.8) is 0 Å². The van der Waals surface area contributed by atoms with Gasteiger partial charge in [0.1, 0.15) is 0 Å². The summed E-state index contributed by atoms with van der Waals surface area (Å²) in [5.41, 5.74) is 1.48. The van der Waals surface area contributed by atoms with Crippen molar-refractivity contribution < 1.29 is 28.5 Å². The first-order valence-electron chi connectivity index (χ1n) is 15.2. The molecule has 0 spiro atoms. The van der Waals surface area contributed by atoms with Crippen LogP contribution < -0.4 is 0 Å². The molecule has 2 heterocycles. The van der Waals surface area contributed by atoms with Crippen molar-refractivity contribution in [1.29, 1.82) is 0 Å². The van der Waals surface area contributed by atoms with E-state index in [0.717, 1.165) is 83.8 Å². The molecule has 37 heavy (non-hydrogen) atoms. The second kappa shape index (κ2) is 18.1. The van der Waals surface area contributed by atoms with Crippen LogP contribution in [-0.4, -0.2) is 51.1 Å². The molecule has 3 aliphatic rings. The van der Waals surface area contributed by atoms with Gasteiger partial charge in [-0.3, -0.25) is 4.79 Å². The van der Waals surface area contributed by atoms with Gasteiger partial charge in [-0.1, -0.05) is 62.8 Å². The van der Waals surface area contributed by atoms with Gasteiger partial charge in [-0.05, 0) is 70.6 Å². The van der Waals surface area contributed by atoms with E-state index in [2.05, 4.69) is 25.2 Å². The van der Waals surface area contributed by atoms with Crippen LogP contribution in [0.5, 0.6) is 0 Å². The molecule has 0 radical (unpaired) electrons. The zero-order valence-corrected chi connectivity index (χ0v) is 23.5. The van der Waals surface area contributed by atoms with Crippen molar-refractivity contribution >= 4 is 5.97 Å². The quantitative estimate of drug-likeness (QED) is 0.113. The van der Waals surface area contributed by atoms with Gasteiger partial charge in [-0.2, -0.15) is 0 Å². The number of unbranched alkanes of at least 4 members (excludes halogenated alkanes) is 5. The largest absolute Gasteiger partial charge is 0.469 e. The molecule has 212 valence electrons. The van der Waals surface area contributed by atoms with Crippen LogP contribution in [0.25, 0.3) is 0 Å². The Morgan fingerprint density at radius 2 is 1.76 bits per heavy atom. The van der Waals surface area contributed by atoms with Gasteiger partial charge in [0.2, 0.25) is 0 Å². The second-order valence-corrected chi connectivity index (χ2v) is 10.9. The Bertz CT molecular complexity index is 677. The van der Waals surface area contributed by atoms with E-state index < -0.39 is 0 Å². The van der Waals surface area contributed by atoms with Crippen molar-refractivity contribution in [1.82, 2.24) is 0 Å². The molecule has 0 aromatic carbocycles. The summed E-state index contributed by atoms with van der Waals surface area (Å²) in [6.45, 7) is 3.86. The van der Waals surface area contributed by atoms with Gasteiger partial charge in [-0.25, -0.2) is 0 Å². The third-order valence-electron chi connectivity index (χ3n) is 7.82. The summed E-state index contributed by atoms with van der Waals surface area (Å²) in [5.74, 6) is 0.160. The SMILES string of the molecule is CCCCC[C@@H](/C=C/[C@@H]1C(CCCCCCC(=O)OC)=CC[C@H]1OC1CCCCO1)OC1CCCCO1. The van der Waals surface area contributed by atoms with Gasteiger partial charge in [0.05, 0.1) is 19.3 Å². The maximum atomic E-state index is 11.4. The summed E-state index contributed by atoms with van der Waals surface area (Å²) in [6, 6.07) is 0. The van der Waals surface area contributed by atoms with E-state index in [1.54, 1.807) is 0 Å². The van der Waals surface area contributed by atoms with Crippen LogP contribution in [0, 0.1) is 5.92 Å². The summed E-state index contributed by atoms with van der Waals surface area (Å²) >= 11 is 0. The zero-order chi connectivity index (χ0) is 26.1. The fourth-order valence-corrected chi connectivity index (χ4v) is 5.58. The van der Waals surface area contributed by atoms with Crippen LogP contribution in [0.15, 0.2) is 23.8 Å². The summed E-state index contributed by atoms with van der Waals surface area (Å²) < 4.78 is 29.5. The lowest BCUT2D eigenvalue weighted by Gasteiger charge is -2.30. The van der Waals surface area contributed by atoms with Gasteiger partial charge < -0.3 is 23.7 Å². The monoisotopic (exact) mass is 520 g/mol. The van der Waals surface area contributed by atoms with Crippen molar-refractivity contribution in [2.24, 2.45) is 5.92 Å². The number of rotatable bonds is 17. The Morgan fingerprint density at radius 3 is 2.46 bits per heavy atom. The molecule has 0 aromatic rings. The number of hydrogen-bond acceptors (Lipinski definition) is 6. The third kappa shape index (κ3) is 11.6. The van der Waals surface area contributed by atoms with Crippen molar-refractivity contribution in [2.45, 2.75) is 141 Å². The van der Waals surface area contributed by atoms with Crippen LogP contribution >= 0.6 is 0 Å². The van der Waals surface area contributed by atoms with E-state index in [9.17, 15) is 4.79 Å². The number of methoxy groups -OCH3 is 1. The minimum Gasteiger partial charge on any atom is -0.469 e. The van der Waals surface area contributed by atoms with Gasteiger partial charge >= 0.3 is 5.97 Å². The molecule has 5 atom stereocenters. The van der Waals surface area contributed by atoms with Crippen molar-refractivity contribution in [2.75, 3.05) is 20.3 Å². The van der Waals surface area contributed by atoms with Crippen molar-refractivity contribution in [3.8, 4) is 0 Å². The van der Waals surface area contributed by atoms with Crippen LogP contribution in [0.3, 0.4) is 0 Å². The highest BCUT2D eigenvalue weighted by atomic mass is 16.7. The van der Waals surface area contributed by atoms with Crippen LogP contribution in [-0.2, 0) is 28.5 Å². The maximum Gasteiger partial charge on any atom is 0.305 e. The fraction of sp³-hybridized carbons (Fsp3) is 0.839. The van der Waals surface area contributed by atoms with E-state index in [0.29, 0.717) is 6.42 Å². The molecular weight excluding hydrogens is 468 g/mol. The lowest BCUT2D eigenvalue weighted by atomic mass is 9.93. The van der Waals surface area contributed by atoms with Gasteiger partial charge in [0, 0.05) is 25.6 Å². The number of ether oxygens (including phenoxy) is 5. The number of carbonyl (C=O) groups excluding carboxylic acids is 1. The molecule has 1 aliphatic carbocycles. The Labute approximate surface area is 225 Å².